The number of nitrogens with one attached hydrogen (secondary N) is 1. The van der Waals surface area contributed by atoms with Gasteiger partial charge in [-0.05, 0) is 38.2 Å². The Morgan fingerprint density at radius 2 is 1.96 bits per heavy atom. The fraction of sp³-hybridized carbons (Fsp3) is 0.647. The number of piperidine rings is 1. The van der Waals surface area contributed by atoms with Crippen molar-refractivity contribution in [1.82, 2.24) is 15.5 Å². The molecule has 0 radical (unpaired) electrons. The molecule has 0 aromatic carbocycles. The number of aromatic nitrogens is 2. The van der Waals surface area contributed by atoms with Crippen LogP contribution >= 0.6 is 0 Å². The minimum absolute atomic E-state index is 0.0604. The second-order valence-electron chi connectivity index (χ2n) is 5.80. The number of anilines is 1. The second-order valence-corrected chi connectivity index (χ2v) is 5.80. The Hall–Kier alpha value is -2.16. The number of amides is 1. The van der Waals surface area contributed by atoms with E-state index < -0.39 is 0 Å². The first-order valence-corrected chi connectivity index (χ1v) is 8.47. The van der Waals surface area contributed by atoms with Crippen molar-refractivity contribution in [2.45, 2.75) is 46.5 Å². The Kier molecular flexibility index (Phi) is 5.91. The molecule has 1 fully saturated rings. The summed E-state index contributed by atoms with van der Waals surface area (Å²) >= 11 is 0. The monoisotopic (exact) mass is 315 g/mol. The molecule has 23 heavy (non-hydrogen) atoms. The summed E-state index contributed by atoms with van der Waals surface area (Å²) in [6.07, 6.45) is 3.14. The van der Waals surface area contributed by atoms with Crippen molar-refractivity contribution >= 4 is 11.7 Å². The van der Waals surface area contributed by atoms with Crippen molar-refractivity contribution in [1.29, 1.82) is 5.26 Å². The first-order chi connectivity index (χ1) is 11.2. The maximum atomic E-state index is 11.9. The van der Waals surface area contributed by atoms with Crippen LogP contribution in [0.3, 0.4) is 0 Å². The first-order valence-electron chi connectivity index (χ1n) is 8.47. The van der Waals surface area contributed by atoms with Gasteiger partial charge in [0.25, 0.3) is 0 Å². The van der Waals surface area contributed by atoms with E-state index >= 15 is 0 Å². The number of carbonyl (C=O) groups excluding carboxylic acids is 1. The molecule has 0 spiro atoms. The zero-order valence-corrected chi connectivity index (χ0v) is 14.2. The first kappa shape index (κ1) is 17.2. The lowest BCUT2D eigenvalue weighted by Gasteiger charge is -2.32. The minimum atomic E-state index is 0.0604. The highest BCUT2D eigenvalue weighted by Crippen LogP contribution is 2.27. The van der Waals surface area contributed by atoms with Gasteiger partial charge < -0.3 is 10.2 Å². The van der Waals surface area contributed by atoms with Gasteiger partial charge >= 0.3 is 0 Å². The number of nitrogens with zero attached hydrogens (tertiary/aromatic N) is 4. The third-order valence-electron chi connectivity index (χ3n) is 4.46. The van der Waals surface area contributed by atoms with Gasteiger partial charge in [-0.2, -0.15) is 10.4 Å². The van der Waals surface area contributed by atoms with Gasteiger partial charge in [-0.15, -0.1) is 5.10 Å². The zero-order valence-electron chi connectivity index (χ0n) is 14.2. The van der Waals surface area contributed by atoms with E-state index in [9.17, 15) is 10.1 Å². The number of carbonyl (C=O) groups is 1. The summed E-state index contributed by atoms with van der Waals surface area (Å²) in [5.41, 5.74) is 2.56. The topological polar surface area (TPSA) is 81.9 Å². The van der Waals surface area contributed by atoms with E-state index in [4.69, 9.17) is 0 Å². The molecular formula is C17H25N5O. The molecule has 0 atom stereocenters. The van der Waals surface area contributed by atoms with Crippen LogP contribution in [0.15, 0.2) is 0 Å². The maximum Gasteiger partial charge on any atom is 0.223 e. The molecule has 1 aliphatic rings. The van der Waals surface area contributed by atoms with Crippen LogP contribution in [0, 0.1) is 17.2 Å². The molecule has 1 amide bonds. The van der Waals surface area contributed by atoms with E-state index in [1.807, 2.05) is 20.8 Å². The molecule has 1 N–H and O–H groups in total. The van der Waals surface area contributed by atoms with Gasteiger partial charge in [0.05, 0.1) is 5.69 Å². The summed E-state index contributed by atoms with van der Waals surface area (Å²) in [6.45, 7) is 8.15. The van der Waals surface area contributed by atoms with Gasteiger partial charge in [-0.1, -0.05) is 13.8 Å². The molecule has 2 rings (SSSR count). The molecule has 1 aliphatic heterocycles. The summed E-state index contributed by atoms with van der Waals surface area (Å²) < 4.78 is 0. The van der Waals surface area contributed by atoms with Crippen molar-refractivity contribution in [3.63, 3.8) is 0 Å². The average molecular weight is 315 g/mol. The number of hydrogen-bond acceptors (Lipinski definition) is 5. The maximum absolute atomic E-state index is 11.9. The highest BCUT2D eigenvalue weighted by atomic mass is 16.1. The summed E-state index contributed by atoms with van der Waals surface area (Å²) in [4.78, 5) is 14.0. The third-order valence-corrected chi connectivity index (χ3v) is 4.46. The van der Waals surface area contributed by atoms with E-state index in [0.29, 0.717) is 17.9 Å². The Balaban J connectivity index is 2.18. The Morgan fingerprint density at radius 1 is 1.26 bits per heavy atom. The quantitative estimate of drug-likeness (QED) is 0.896. The summed E-state index contributed by atoms with van der Waals surface area (Å²) in [5.74, 6) is 0.871. The van der Waals surface area contributed by atoms with E-state index in [1.165, 1.54) is 0 Å². The van der Waals surface area contributed by atoms with Crippen LogP contribution in [0.1, 0.15) is 50.4 Å². The highest BCUT2D eigenvalue weighted by molar-refractivity contribution is 5.79. The SMILES string of the molecule is CCNC(=O)C1CCN(c2nnc(CC)c(CC)c2C#N)CC1. The smallest absolute Gasteiger partial charge is 0.223 e. The van der Waals surface area contributed by atoms with Gasteiger partial charge in [-0.25, -0.2) is 0 Å². The number of rotatable bonds is 5. The zero-order chi connectivity index (χ0) is 16.8. The molecule has 124 valence electrons. The molecule has 0 bridgehead atoms. The Bertz CT molecular complexity index is 600. The number of hydrogen-bond donors (Lipinski definition) is 1. The summed E-state index contributed by atoms with van der Waals surface area (Å²) in [5, 5.41) is 21.1. The van der Waals surface area contributed by atoms with Crippen LogP contribution in [0.5, 0.6) is 0 Å². The fourth-order valence-electron chi connectivity index (χ4n) is 3.17. The number of nitriles is 1. The van der Waals surface area contributed by atoms with Gasteiger partial charge in [0.15, 0.2) is 5.82 Å². The predicted molar refractivity (Wildman–Crippen MR) is 89.1 cm³/mol. The van der Waals surface area contributed by atoms with Crippen LogP contribution in [0.4, 0.5) is 5.82 Å². The molecule has 6 heteroatoms. The lowest BCUT2D eigenvalue weighted by molar-refractivity contribution is -0.125. The molecule has 0 aliphatic carbocycles. The van der Waals surface area contributed by atoms with Gasteiger partial charge in [0.2, 0.25) is 5.91 Å². The van der Waals surface area contributed by atoms with Gasteiger partial charge in [-0.3, -0.25) is 4.79 Å². The van der Waals surface area contributed by atoms with Crippen LogP contribution in [-0.4, -0.2) is 35.7 Å². The third kappa shape index (κ3) is 3.61. The van der Waals surface area contributed by atoms with E-state index in [0.717, 1.165) is 50.0 Å². The Morgan fingerprint density at radius 3 is 2.48 bits per heavy atom. The van der Waals surface area contributed by atoms with Crippen LogP contribution in [-0.2, 0) is 17.6 Å². The predicted octanol–water partition coefficient (Wildman–Crippen LogP) is 1.83. The molecule has 6 nitrogen and oxygen atoms in total. The largest absolute Gasteiger partial charge is 0.356 e. The summed E-state index contributed by atoms with van der Waals surface area (Å²) in [7, 11) is 0. The van der Waals surface area contributed by atoms with Crippen molar-refractivity contribution in [3.8, 4) is 6.07 Å². The summed E-state index contributed by atoms with van der Waals surface area (Å²) in [6, 6.07) is 2.32. The normalized spacial score (nSPS) is 15.3. The second kappa shape index (κ2) is 7.91. The average Bonchev–Trinajstić information content (AvgIpc) is 2.60. The van der Waals surface area contributed by atoms with Crippen molar-refractivity contribution < 1.29 is 4.79 Å². The van der Waals surface area contributed by atoms with E-state index in [-0.39, 0.29) is 11.8 Å². The fourth-order valence-corrected chi connectivity index (χ4v) is 3.17. The van der Waals surface area contributed by atoms with Crippen molar-refractivity contribution in [3.05, 3.63) is 16.8 Å². The van der Waals surface area contributed by atoms with Crippen LogP contribution in [0.25, 0.3) is 0 Å². The molecule has 1 saturated heterocycles. The van der Waals surface area contributed by atoms with Crippen molar-refractivity contribution in [2.24, 2.45) is 5.92 Å². The molecular weight excluding hydrogens is 290 g/mol. The lowest BCUT2D eigenvalue weighted by atomic mass is 9.95. The van der Waals surface area contributed by atoms with E-state index in [1.54, 1.807) is 0 Å². The number of aryl methyl sites for hydroxylation is 1. The molecule has 1 aromatic rings. The standard InChI is InChI=1S/C17H25N5O/c1-4-13-14(11-18)16(21-20-15(13)5-2)22-9-7-12(8-10-22)17(23)19-6-3/h12H,4-10H2,1-3H3,(H,19,23). The Labute approximate surface area is 137 Å². The molecule has 1 aromatic heterocycles. The van der Waals surface area contributed by atoms with E-state index in [2.05, 4.69) is 26.5 Å². The molecule has 0 unspecified atom stereocenters. The van der Waals surface area contributed by atoms with Crippen LogP contribution < -0.4 is 10.2 Å². The van der Waals surface area contributed by atoms with Crippen molar-refractivity contribution in [2.75, 3.05) is 24.5 Å². The minimum Gasteiger partial charge on any atom is -0.356 e. The molecule has 0 saturated carbocycles. The van der Waals surface area contributed by atoms with Gasteiger partial charge in [0, 0.05) is 25.6 Å². The molecule has 2 heterocycles. The lowest BCUT2D eigenvalue weighted by Crippen LogP contribution is -2.41. The highest BCUT2D eigenvalue weighted by Gasteiger charge is 2.27. The van der Waals surface area contributed by atoms with Gasteiger partial charge in [0.1, 0.15) is 11.6 Å². The van der Waals surface area contributed by atoms with Crippen LogP contribution in [0.2, 0.25) is 0 Å².